The number of hydrogen-bond donors (Lipinski definition) is 1. The largest absolute Gasteiger partial charge is 0.350 e. The summed E-state index contributed by atoms with van der Waals surface area (Å²) >= 11 is 3.30. The quantitative estimate of drug-likeness (QED) is 0.516. The van der Waals surface area contributed by atoms with Gasteiger partial charge in [0.15, 0.2) is 0 Å². The van der Waals surface area contributed by atoms with Crippen LogP contribution in [0.15, 0.2) is 24.3 Å². The lowest BCUT2D eigenvalue weighted by Gasteiger charge is -2.12. The van der Waals surface area contributed by atoms with Gasteiger partial charge in [-0.3, -0.25) is 14.9 Å². The third-order valence-electron chi connectivity index (χ3n) is 2.26. The van der Waals surface area contributed by atoms with E-state index >= 15 is 0 Å². The summed E-state index contributed by atoms with van der Waals surface area (Å²) in [5, 5.41) is 14.1. The Morgan fingerprint density at radius 3 is 2.53 bits per heavy atom. The summed E-state index contributed by atoms with van der Waals surface area (Å²) in [5.41, 5.74) is 0.409. The monoisotopic (exact) mass is 300 g/mol. The highest BCUT2D eigenvalue weighted by atomic mass is 79.9. The second kappa shape index (κ2) is 6.34. The minimum Gasteiger partial charge on any atom is -0.350 e. The van der Waals surface area contributed by atoms with Crippen LogP contribution in [-0.4, -0.2) is 22.2 Å². The first-order valence-corrected chi connectivity index (χ1v) is 6.28. The number of nitro benzene ring substituents is 1. The second-order valence-electron chi connectivity index (χ2n) is 3.66. The number of nitrogens with zero attached hydrogens (tertiary/aromatic N) is 1. The predicted octanol–water partition coefficient (Wildman–Crippen LogP) is 2.50. The molecule has 0 saturated heterocycles. The zero-order valence-corrected chi connectivity index (χ0v) is 10.9. The zero-order valence-electron chi connectivity index (χ0n) is 9.35. The molecule has 0 spiro atoms. The van der Waals surface area contributed by atoms with E-state index in [9.17, 15) is 14.9 Å². The number of hydrogen-bond acceptors (Lipinski definition) is 3. The van der Waals surface area contributed by atoms with Crippen molar-refractivity contribution < 1.29 is 9.72 Å². The highest BCUT2D eigenvalue weighted by molar-refractivity contribution is 9.09. The lowest BCUT2D eigenvalue weighted by atomic mass is 10.1. The molecule has 1 aromatic rings. The number of non-ortho nitro benzene ring substituents is 1. The van der Waals surface area contributed by atoms with Crippen LogP contribution in [0.5, 0.6) is 0 Å². The molecular formula is C11H13BrN2O3. The van der Waals surface area contributed by atoms with E-state index in [0.717, 1.165) is 11.8 Å². The van der Waals surface area contributed by atoms with Gasteiger partial charge in [0, 0.05) is 29.1 Å². The zero-order chi connectivity index (χ0) is 12.8. The Labute approximate surface area is 107 Å². The number of rotatable bonds is 5. The first kappa shape index (κ1) is 13.6. The fourth-order valence-corrected chi connectivity index (χ4v) is 1.96. The molecule has 1 N–H and O–H groups in total. The Morgan fingerprint density at radius 2 is 2.06 bits per heavy atom. The van der Waals surface area contributed by atoms with E-state index in [4.69, 9.17) is 0 Å². The first-order valence-electron chi connectivity index (χ1n) is 5.16. The van der Waals surface area contributed by atoms with Gasteiger partial charge in [0.1, 0.15) is 0 Å². The van der Waals surface area contributed by atoms with E-state index in [1.165, 1.54) is 24.3 Å². The number of alkyl halides is 1. The van der Waals surface area contributed by atoms with Crippen LogP contribution >= 0.6 is 15.9 Å². The topological polar surface area (TPSA) is 72.2 Å². The summed E-state index contributed by atoms with van der Waals surface area (Å²) in [4.78, 5) is 21.7. The molecule has 0 fully saturated rings. The number of halogens is 1. The van der Waals surface area contributed by atoms with Gasteiger partial charge in [-0.25, -0.2) is 0 Å². The van der Waals surface area contributed by atoms with E-state index in [0.29, 0.717) is 5.56 Å². The molecule has 1 unspecified atom stereocenters. The summed E-state index contributed by atoms with van der Waals surface area (Å²) < 4.78 is 0. The van der Waals surface area contributed by atoms with Gasteiger partial charge in [-0.05, 0) is 25.5 Å². The molecule has 0 aliphatic rings. The third kappa shape index (κ3) is 4.14. The van der Waals surface area contributed by atoms with Crippen molar-refractivity contribution in [1.82, 2.24) is 5.32 Å². The molecule has 1 amide bonds. The highest BCUT2D eigenvalue weighted by Gasteiger charge is 2.11. The first-order chi connectivity index (χ1) is 8.04. The molecule has 17 heavy (non-hydrogen) atoms. The maximum Gasteiger partial charge on any atom is 0.269 e. The maximum atomic E-state index is 11.7. The Morgan fingerprint density at radius 1 is 1.47 bits per heavy atom. The van der Waals surface area contributed by atoms with Crippen molar-refractivity contribution in [1.29, 1.82) is 0 Å². The van der Waals surface area contributed by atoms with Crippen molar-refractivity contribution >= 4 is 27.5 Å². The van der Waals surface area contributed by atoms with Gasteiger partial charge in [0.2, 0.25) is 0 Å². The van der Waals surface area contributed by atoms with Crippen LogP contribution in [0.4, 0.5) is 5.69 Å². The molecule has 0 radical (unpaired) electrons. The van der Waals surface area contributed by atoms with Crippen molar-refractivity contribution in [3.05, 3.63) is 39.9 Å². The lowest BCUT2D eigenvalue weighted by Crippen LogP contribution is -2.32. The molecule has 0 aliphatic carbocycles. The lowest BCUT2D eigenvalue weighted by molar-refractivity contribution is -0.384. The van der Waals surface area contributed by atoms with E-state index < -0.39 is 4.92 Å². The van der Waals surface area contributed by atoms with E-state index in [-0.39, 0.29) is 17.6 Å². The number of carbonyl (C=O) groups excluding carboxylic acids is 1. The van der Waals surface area contributed by atoms with Gasteiger partial charge in [0.25, 0.3) is 11.6 Å². The van der Waals surface area contributed by atoms with Gasteiger partial charge in [-0.2, -0.15) is 0 Å². The molecule has 0 bridgehead atoms. The number of amides is 1. The molecule has 0 aromatic heterocycles. The maximum absolute atomic E-state index is 11.7. The molecule has 5 nitrogen and oxygen atoms in total. The Kier molecular flexibility index (Phi) is 5.09. The summed E-state index contributed by atoms with van der Waals surface area (Å²) in [7, 11) is 0. The third-order valence-corrected chi connectivity index (χ3v) is 2.72. The van der Waals surface area contributed by atoms with Crippen molar-refractivity contribution in [3.8, 4) is 0 Å². The SMILES string of the molecule is CC(CCBr)NC(=O)c1ccc([N+](=O)[O-])cc1. The summed E-state index contributed by atoms with van der Waals surface area (Å²) in [6.45, 7) is 1.91. The van der Waals surface area contributed by atoms with Crippen LogP contribution in [0, 0.1) is 10.1 Å². The Bertz CT molecular complexity index is 406. The summed E-state index contributed by atoms with van der Waals surface area (Å²) in [5.74, 6) is -0.214. The molecule has 6 heteroatoms. The van der Waals surface area contributed by atoms with Crippen LogP contribution in [0.25, 0.3) is 0 Å². The highest BCUT2D eigenvalue weighted by Crippen LogP contribution is 2.12. The Hall–Kier alpha value is -1.43. The Balaban J connectivity index is 2.66. The fourth-order valence-electron chi connectivity index (χ4n) is 1.28. The van der Waals surface area contributed by atoms with E-state index in [1.807, 2.05) is 6.92 Å². The normalized spacial score (nSPS) is 11.9. The number of nitro groups is 1. The average molecular weight is 301 g/mol. The van der Waals surface area contributed by atoms with Crippen molar-refractivity contribution in [2.75, 3.05) is 5.33 Å². The van der Waals surface area contributed by atoms with Crippen LogP contribution in [-0.2, 0) is 0 Å². The smallest absolute Gasteiger partial charge is 0.269 e. The molecule has 1 atom stereocenters. The summed E-state index contributed by atoms with van der Waals surface area (Å²) in [6.07, 6.45) is 0.832. The average Bonchev–Trinajstić information content (AvgIpc) is 2.29. The van der Waals surface area contributed by atoms with E-state index in [1.54, 1.807) is 0 Å². The second-order valence-corrected chi connectivity index (χ2v) is 4.45. The number of carbonyl (C=O) groups is 1. The van der Waals surface area contributed by atoms with Crippen LogP contribution in [0.2, 0.25) is 0 Å². The molecule has 0 saturated carbocycles. The minimum absolute atomic E-state index is 0.0185. The molecule has 0 heterocycles. The van der Waals surface area contributed by atoms with Gasteiger partial charge < -0.3 is 5.32 Å². The van der Waals surface area contributed by atoms with Crippen molar-refractivity contribution in [2.45, 2.75) is 19.4 Å². The van der Waals surface area contributed by atoms with Gasteiger partial charge in [-0.1, -0.05) is 15.9 Å². The molecular weight excluding hydrogens is 288 g/mol. The number of benzene rings is 1. The van der Waals surface area contributed by atoms with Crippen molar-refractivity contribution in [3.63, 3.8) is 0 Å². The molecule has 0 aliphatic heterocycles. The standard InChI is InChI=1S/C11H13BrN2O3/c1-8(6-7-12)13-11(15)9-2-4-10(5-3-9)14(16)17/h2-5,8H,6-7H2,1H3,(H,13,15). The minimum atomic E-state index is -0.491. The van der Waals surface area contributed by atoms with Crippen LogP contribution in [0.1, 0.15) is 23.7 Å². The molecule has 1 aromatic carbocycles. The van der Waals surface area contributed by atoms with Crippen LogP contribution < -0.4 is 5.32 Å². The molecule has 1 rings (SSSR count). The van der Waals surface area contributed by atoms with Gasteiger partial charge >= 0.3 is 0 Å². The van der Waals surface area contributed by atoms with Gasteiger partial charge in [0.05, 0.1) is 4.92 Å². The van der Waals surface area contributed by atoms with Crippen LogP contribution in [0.3, 0.4) is 0 Å². The predicted molar refractivity (Wildman–Crippen MR) is 68.4 cm³/mol. The fraction of sp³-hybridized carbons (Fsp3) is 0.364. The summed E-state index contributed by atoms with van der Waals surface area (Å²) in [6, 6.07) is 5.62. The van der Waals surface area contributed by atoms with Crippen molar-refractivity contribution in [2.24, 2.45) is 0 Å². The van der Waals surface area contributed by atoms with Gasteiger partial charge in [-0.15, -0.1) is 0 Å². The van der Waals surface area contributed by atoms with E-state index in [2.05, 4.69) is 21.2 Å². The molecule has 92 valence electrons. The number of nitrogens with one attached hydrogen (secondary N) is 1.